The lowest BCUT2D eigenvalue weighted by Gasteiger charge is -2.13. The fraction of sp³-hybridized carbons (Fsp3) is 0.176. The summed E-state index contributed by atoms with van der Waals surface area (Å²) in [5, 5.41) is 3.51. The third-order valence-electron chi connectivity index (χ3n) is 3.17. The number of aldehydes is 1. The third kappa shape index (κ3) is 4.47. The van der Waals surface area contributed by atoms with E-state index in [0.29, 0.717) is 27.0 Å². The van der Waals surface area contributed by atoms with Crippen LogP contribution in [0.25, 0.3) is 0 Å². The summed E-state index contributed by atoms with van der Waals surface area (Å²) in [7, 11) is 0. The number of nitrogens with one attached hydrogen (secondary N) is 1. The van der Waals surface area contributed by atoms with Crippen LogP contribution in [0.1, 0.15) is 21.5 Å². The van der Waals surface area contributed by atoms with Gasteiger partial charge in [-0.1, -0.05) is 23.2 Å². The van der Waals surface area contributed by atoms with Crippen LogP contribution in [0.4, 0.5) is 5.69 Å². The van der Waals surface area contributed by atoms with Gasteiger partial charge < -0.3 is 10.1 Å². The highest BCUT2D eigenvalue weighted by Gasteiger charge is 2.11. The minimum atomic E-state index is -0.354. The summed E-state index contributed by atoms with van der Waals surface area (Å²) in [6, 6.07) is 8.23. The lowest BCUT2D eigenvalue weighted by Crippen LogP contribution is -2.21. The van der Waals surface area contributed by atoms with Gasteiger partial charge in [0.05, 0.1) is 10.7 Å². The maximum Gasteiger partial charge on any atom is 0.262 e. The average Bonchev–Trinajstić information content (AvgIpc) is 2.49. The SMILES string of the molecule is Cc1cc(C=O)cc(C)c1OCC(=O)Nc1cc(Cl)ccc1Cl. The molecule has 6 heteroatoms. The molecule has 0 saturated carbocycles. The Hall–Kier alpha value is -2.04. The molecule has 0 aromatic heterocycles. The van der Waals surface area contributed by atoms with Gasteiger partial charge in [-0.15, -0.1) is 0 Å². The van der Waals surface area contributed by atoms with Crippen molar-refractivity contribution in [2.24, 2.45) is 0 Å². The quantitative estimate of drug-likeness (QED) is 0.810. The van der Waals surface area contributed by atoms with E-state index in [1.165, 1.54) is 0 Å². The molecule has 4 nitrogen and oxygen atoms in total. The number of rotatable bonds is 5. The Morgan fingerprint density at radius 2 is 1.83 bits per heavy atom. The zero-order chi connectivity index (χ0) is 17.0. The number of aryl methyl sites for hydroxylation is 2. The molecule has 2 aromatic carbocycles. The topological polar surface area (TPSA) is 55.4 Å². The van der Waals surface area contributed by atoms with Gasteiger partial charge in [0.15, 0.2) is 6.61 Å². The molecule has 2 rings (SSSR count). The van der Waals surface area contributed by atoms with Crippen LogP contribution in [-0.4, -0.2) is 18.8 Å². The molecule has 2 aromatic rings. The summed E-state index contributed by atoms with van der Waals surface area (Å²) < 4.78 is 5.57. The van der Waals surface area contributed by atoms with Gasteiger partial charge in [-0.05, 0) is 55.3 Å². The Bertz CT molecular complexity index is 736. The van der Waals surface area contributed by atoms with Gasteiger partial charge in [0.25, 0.3) is 5.91 Å². The third-order valence-corrected chi connectivity index (χ3v) is 3.73. The summed E-state index contributed by atoms with van der Waals surface area (Å²) in [6.07, 6.45) is 0.775. The highest BCUT2D eigenvalue weighted by molar-refractivity contribution is 6.35. The van der Waals surface area contributed by atoms with E-state index >= 15 is 0 Å². The van der Waals surface area contributed by atoms with Gasteiger partial charge in [0.1, 0.15) is 12.0 Å². The molecule has 1 N–H and O–H groups in total. The van der Waals surface area contributed by atoms with E-state index in [4.69, 9.17) is 27.9 Å². The molecule has 0 bridgehead atoms. The Labute approximate surface area is 144 Å². The number of hydrogen-bond acceptors (Lipinski definition) is 3. The van der Waals surface area contributed by atoms with Crippen LogP contribution in [-0.2, 0) is 4.79 Å². The number of carbonyl (C=O) groups is 2. The first-order chi connectivity index (χ1) is 10.9. The number of hydrogen-bond donors (Lipinski definition) is 1. The van der Waals surface area contributed by atoms with Crippen LogP contribution < -0.4 is 10.1 Å². The van der Waals surface area contributed by atoms with Crippen LogP contribution >= 0.6 is 23.2 Å². The zero-order valence-corrected chi connectivity index (χ0v) is 14.2. The molecule has 0 radical (unpaired) electrons. The van der Waals surface area contributed by atoms with Gasteiger partial charge in [-0.3, -0.25) is 9.59 Å². The van der Waals surface area contributed by atoms with Crippen molar-refractivity contribution in [1.82, 2.24) is 0 Å². The van der Waals surface area contributed by atoms with Crippen LogP contribution in [0.2, 0.25) is 10.0 Å². The lowest BCUT2D eigenvalue weighted by molar-refractivity contribution is -0.118. The van der Waals surface area contributed by atoms with E-state index in [9.17, 15) is 9.59 Å². The van der Waals surface area contributed by atoms with Crippen molar-refractivity contribution in [2.75, 3.05) is 11.9 Å². The highest BCUT2D eigenvalue weighted by atomic mass is 35.5. The number of carbonyl (C=O) groups excluding carboxylic acids is 2. The largest absolute Gasteiger partial charge is 0.483 e. The summed E-state index contributed by atoms with van der Waals surface area (Å²) in [4.78, 5) is 22.8. The van der Waals surface area contributed by atoms with E-state index < -0.39 is 0 Å². The molecular formula is C17H15Cl2NO3. The predicted octanol–water partition coefficient (Wildman–Crippen LogP) is 4.44. The molecule has 0 heterocycles. The normalized spacial score (nSPS) is 10.3. The van der Waals surface area contributed by atoms with E-state index in [1.807, 2.05) is 13.8 Å². The van der Waals surface area contributed by atoms with Crippen LogP contribution in [0.3, 0.4) is 0 Å². The summed E-state index contributed by atoms with van der Waals surface area (Å²) >= 11 is 11.9. The number of anilines is 1. The van der Waals surface area contributed by atoms with Crippen molar-refractivity contribution in [1.29, 1.82) is 0 Å². The smallest absolute Gasteiger partial charge is 0.262 e. The second-order valence-electron chi connectivity index (χ2n) is 5.06. The molecule has 120 valence electrons. The van der Waals surface area contributed by atoms with Crippen molar-refractivity contribution in [3.05, 3.63) is 57.1 Å². The maximum absolute atomic E-state index is 12.0. The van der Waals surface area contributed by atoms with Crippen molar-refractivity contribution in [3.63, 3.8) is 0 Å². The van der Waals surface area contributed by atoms with Gasteiger partial charge in [0, 0.05) is 10.6 Å². The van der Waals surface area contributed by atoms with E-state index in [2.05, 4.69) is 5.32 Å². The second kappa shape index (κ2) is 7.49. The zero-order valence-electron chi connectivity index (χ0n) is 12.7. The fourth-order valence-electron chi connectivity index (χ4n) is 2.20. The number of ether oxygens (including phenoxy) is 1. The molecule has 0 saturated heterocycles. The first-order valence-corrected chi connectivity index (χ1v) is 7.60. The van der Waals surface area contributed by atoms with Crippen molar-refractivity contribution in [2.45, 2.75) is 13.8 Å². The van der Waals surface area contributed by atoms with Crippen molar-refractivity contribution in [3.8, 4) is 5.75 Å². The van der Waals surface area contributed by atoms with E-state index in [-0.39, 0.29) is 12.5 Å². The van der Waals surface area contributed by atoms with Crippen molar-refractivity contribution >= 4 is 41.1 Å². The standard InChI is InChI=1S/C17H15Cl2NO3/c1-10-5-12(8-21)6-11(2)17(10)23-9-16(22)20-15-7-13(18)3-4-14(15)19/h3-8H,9H2,1-2H3,(H,20,22). The average molecular weight is 352 g/mol. The Kier molecular flexibility index (Phi) is 5.64. The van der Waals surface area contributed by atoms with Crippen LogP contribution in [0.5, 0.6) is 5.75 Å². The Morgan fingerprint density at radius 1 is 1.17 bits per heavy atom. The molecule has 0 fully saturated rings. The van der Waals surface area contributed by atoms with E-state index in [1.54, 1.807) is 30.3 Å². The van der Waals surface area contributed by atoms with Crippen molar-refractivity contribution < 1.29 is 14.3 Å². The Balaban J connectivity index is 2.05. The lowest BCUT2D eigenvalue weighted by atomic mass is 10.1. The summed E-state index contributed by atoms with van der Waals surface area (Å²) in [5.74, 6) is 0.232. The molecule has 0 atom stereocenters. The maximum atomic E-state index is 12.0. The molecule has 0 aliphatic heterocycles. The van der Waals surface area contributed by atoms with Gasteiger partial charge >= 0.3 is 0 Å². The Morgan fingerprint density at radius 3 is 2.43 bits per heavy atom. The molecule has 23 heavy (non-hydrogen) atoms. The van der Waals surface area contributed by atoms with Gasteiger partial charge in [-0.25, -0.2) is 0 Å². The monoisotopic (exact) mass is 351 g/mol. The minimum Gasteiger partial charge on any atom is -0.483 e. The molecule has 0 unspecified atom stereocenters. The summed E-state index contributed by atoms with van der Waals surface area (Å²) in [5.41, 5.74) is 2.58. The fourth-order valence-corrected chi connectivity index (χ4v) is 2.53. The van der Waals surface area contributed by atoms with Gasteiger partial charge in [0.2, 0.25) is 0 Å². The molecule has 0 aliphatic rings. The summed E-state index contributed by atoms with van der Waals surface area (Å²) in [6.45, 7) is 3.47. The number of benzene rings is 2. The first kappa shape index (κ1) is 17.3. The number of amides is 1. The molecule has 1 amide bonds. The highest BCUT2D eigenvalue weighted by Crippen LogP contribution is 2.26. The molecular weight excluding hydrogens is 337 g/mol. The second-order valence-corrected chi connectivity index (χ2v) is 5.91. The van der Waals surface area contributed by atoms with Crippen LogP contribution in [0.15, 0.2) is 30.3 Å². The van der Waals surface area contributed by atoms with E-state index in [0.717, 1.165) is 17.4 Å². The van der Waals surface area contributed by atoms with Crippen LogP contribution in [0, 0.1) is 13.8 Å². The first-order valence-electron chi connectivity index (χ1n) is 6.85. The minimum absolute atomic E-state index is 0.176. The number of halogens is 2. The molecule has 0 aliphatic carbocycles. The molecule has 0 spiro atoms. The van der Waals surface area contributed by atoms with Gasteiger partial charge in [-0.2, -0.15) is 0 Å². The predicted molar refractivity (Wildman–Crippen MR) is 91.9 cm³/mol.